The van der Waals surface area contributed by atoms with Crippen molar-refractivity contribution >= 4 is 139 Å². The summed E-state index contributed by atoms with van der Waals surface area (Å²) in [6.45, 7) is 2.16. The van der Waals surface area contributed by atoms with Crippen molar-refractivity contribution in [3.05, 3.63) is 362 Å². The third kappa shape index (κ3) is 9.63. The lowest BCUT2D eigenvalue weighted by Crippen LogP contribution is -2.74. The molecule has 102 heavy (non-hydrogen) atoms. The quantitative estimate of drug-likeness (QED) is 0.0901. The highest BCUT2D eigenvalue weighted by atomic mass is 28.3. The number of anilines is 6. The van der Waals surface area contributed by atoms with Crippen molar-refractivity contribution in [2.24, 2.45) is 0 Å². The van der Waals surface area contributed by atoms with Gasteiger partial charge >= 0.3 is 0 Å². The van der Waals surface area contributed by atoms with Crippen molar-refractivity contribution in [3.63, 3.8) is 0 Å². The fraction of sp³-hybridized carbons (Fsp3) is 0.0722. The molecule has 0 bridgehead atoms. The van der Waals surface area contributed by atoms with Crippen LogP contribution in [0.25, 0.3) is 110 Å². The average molecular weight is 1320 g/mol. The van der Waals surface area contributed by atoms with Crippen LogP contribution in [0.2, 0.25) is 0 Å². The number of hydrogen-bond acceptors (Lipinski definition) is 4. The van der Waals surface area contributed by atoms with E-state index in [1.54, 1.807) is 0 Å². The second-order valence-corrected chi connectivity index (χ2v) is 32.1. The SMILES string of the molecule is Cc1cccc(-c2ccc3oc4ccc(N(c5ccc6c(c5)C5(CCCCC5)c5cc(N(c7ccc8ccccc8c7)c7ccc8oc9ccc(-c%10cccc([Si](c%11ccccc%11)(c%11ccccc%11)c%11ccccc%11)c%10)cc9c8c7)c7ccccc7c5-6)c5ccc6ccccc6c5)cc4c3c2)c1. The molecule has 18 aromatic rings. The lowest BCUT2D eigenvalue weighted by atomic mass is 9.67. The van der Waals surface area contributed by atoms with Crippen LogP contribution in [0.3, 0.4) is 0 Å². The molecule has 2 heterocycles. The van der Waals surface area contributed by atoms with E-state index in [1.165, 1.54) is 104 Å². The Balaban J connectivity index is 0.749. The second-order valence-electron chi connectivity index (χ2n) is 28.3. The Morgan fingerprint density at radius 2 is 0.716 bits per heavy atom. The first-order chi connectivity index (χ1) is 50.4. The van der Waals surface area contributed by atoms with E-state index in [0.717, 1.165) is 109 Å². The molecule has 0 radical (unpaired) electrons. The molecule has 0 atom stereocenters. The van der Waals surface area contributed by atoms with Gasteiger partial charge in [-0.15, -0.1) is 0 Å². The predicted molar refractivity (Wildman–Crippen MR) is 431 cm³/mol. The number of rotatable bonds is 12. The van der Waals surface area contributed by atoms with E-state index in [4.69, 9.17) is 8.83 Å². The smallest absolute Gasteiger partial charge is 0.179 e. The van der Waals surface area contributed by atoms with Gasteiger partial charge in [-0.1, -0.05) is 267 Å². The molecule has 1 spiro atoms. The number of fused-ring (bicyclic) bond motifs is 15. The molecule has 1 saturated carbocycles. The molecule has 16 aromatic carbocycles. The molecular formula is C97H70N2O2Si. The molecule has 484 valence electrons. The van der Waals surface area contributed by atoms with E-state index < -0.39 is 8.07 Å². The molecule has 5 heteroatoms. The molecule has 2 aliphatic rings. The van der Waals surface area contributed by atoms with Gasteiger partial charge in [0.2, 0.25) is 0 Å². The van der Waals surface area contributed by atoms with E-state index in [2.05, 4.69) is 363 Å². The number of benzene rings is 16. The third-order valence-electron chi connectivity index (χ3n) is 22.5. The fourth-order valence-electron chi connectivity index (χ4n) is 17.8. The molecule has 20 rings (SSSR count). The van der Waals surface area contributed by atoms with Crippen LogP contribution in [0.1, 0.15) is 48.8 Å². The van der Waals surface area contributed by atoms with Crippen LogP contribution in [0.5, 0.6) is 0 Å². The van der Waals surface area contributed by atoms with Gasteiger partial charge in [0, 0.05) is 60.8 Å². The number of nitrogens with zero attached hydrogens (tertiary/aromatic N) is 2. The molecule has 0 aliphatic heterocycles. The Kier molecular flexibility index (Phi) is 14.0. The van der Waals surface area contributed by atoms with Gasteiger partial charge in [-0.3, -0.25) is 0 Å². The van der Waals surface area contributed by atoms with Crippen molar-refractivity contribution in [1.82, 2.24) is 0 Å². The zero-order valence-corrected chi connectivity index (χ0v) is 57.7. The first-order valence-electron chi connectivity index (χ1n) is 36.0. The topological polar surface area (TPSA) is 32.8 Å². The highest BCUT2D eigenvalue weighted by Crippen LogP contribution is 2.61. The van der Waals surface area contributed by atoms with Crippen molar-refractivity contribution in [1.29, 1.82) is 0 Å². The van der Waals surface area contributed by atoms with Gasteiger partial charge in [-0.25, -0.2) is 0 Å². The summed E-state index contributed by atoms with van der Waals surface area (Å²) in [4.78, 5) is 5.04. The highest BCUT2D eigenvalue weighted by molar-refractivity contribution is 7.20. The number of hydrogen-bond donors (Lipinski definition) is 0. The Labute approximate surface area is 594 Å². The Hall–Kier alpha value is -12.3. The average Bonchev–Trinajstić information content (AvgIpc) is 1.53. The highest BCUT2D eigenvalue weighted by Gasteiger charge is 2.46. The zero-order valence-electron chi connectivity index (χ0n) is 56.7. The van der Waals surface area contributed by atoms with E-state index in [1.807, 2.05) is 0 Å². The van der Waals surface area contributed by atoms with E-state index in [0.29, 0.717) is 0 Å². The first kappa shape index (κ1) is 59.7. The first-order valence-corrected chi connectivity index (χ1v) is 38.0. The maximum absolute atomic E-state index is 6.88. The fourth-order valence-corrected chi connectivity index (χ4v) is 22.6. The minimum Gasteiger partial charge on any atom is -0.456 e. The summed E-state index contributed by atoms with van der Waals surface area (Å²) < 4.78 is 13.5. The van der Waals surface area contributed by atoms with Gasteiger partial charge in [0.05, 0.1) is 5.69 Å². The van der Waals surface area contributed by atoms with Crippen LogP contribution in [-0.4, -0.2) is 8.07 Å². The van der Waals surface area contributed by atoms with Crippen LogP contribution in [0, 0.1) is 6.92 Å². The summed E-state index contributed by atoms with van der Waals surface area (Å²) >= 11 is 0. The number of furan rings is 2. The van der Waals surface area contributed by atoms with Gasteiger partial charge in [-0.05, 0) is 215 Å². The van der Waals surface area contributed by atoms with Gasteiger partial charge < -0.3 is 18.6 Å². The molecule has 1 fully saturated rings. The van der Waals surface area contributed by atoms with E-state index >= 15 is 0 Å². The molecule has 0 amide bonds. The number of aryl methyl sites for hydroxylation is 1. The summed E-state index contributed by atoms with van der Waals surface area (Å²) in [7, 11) is -2.80. The van der Waals surface area contributed by atoms with Crippen LogP contribution >= 0.6 is 0 Å². The van der Waals surface area contributed by atoms with Crippen LogP contribution in [0.4, 0.5) is 34.1 Å². The van der Waals surface area contributed by atoms with Crippen molar-refractivity contribution in [2.45, 2.75) is 44.4 Å². The summed E-state index contributed by atoms with van der Waals surface area (Å²) in [6, 6.07) is 130. The standard InChI is InChI=1S/C97H70N2O2Si/c1-64-22-20-27-67(54-64)71-40-48-92-85(58-71)87-60-75(45-50-94(87)100-92)98(73-42-38-65-23-12-14-25-68(65)55-73)77-44-47-84-89(62-77)97(52-18-5-19-53-97)90-63-91(82-36-16-17-37-83(82)96(84)90)99(74-43-39-66-24-13-15-26-69(66)56-74)76-46-51-95-88(61-76)86-59-72(41-49-93(86)101-95)70-28-21-35-81(57-70)102(78-29-6-2-7-30-78,79-31-8-3-9-32-79)80-33-10-4-11-34-80/h2-4,6-17,20-51,54-63H,5,18-19,52-53H2,1H3. The lowest BCUT2D eigenvalue weighted by molar-refractivity contribution is 0.353. The second kappa shape index (κ2) is 24.0. The summed E-state index contributed by atoms with van der Waals surface area (Å²) in [5.41, 5.74) is 21.3. The van der Waals surface area contributed by atoms with E-state index in [9.17, 15) is 0 Å². The van der Waals surface area contributed by atoms with Gasteiger partial charge in [-0.2, -0.15) is 0 Å². The maximum atomic E-state index is 6.88. The van der Waals surface area contributed by atoms with Crippen LogP contribution < -0.4 is 30.5 Å². The maximum Gasteiger partial charge on any atom is 0.179 e. The van der Waals surface area contributed by atoms with Crippen molar-refractivity contribution in [3.8, 4) is 33.4 Å². The molecule has 2 aromatic heterocycles. The largest absolute Gasteiger partial charge is 0.456 e. The Morgan fingerprint density at radius 1 is 0.284 bits per heavy atom. The predicted octanol–water partition coefficient (Wildman–Crippen LogP) is 24.1. The van der Waals surface area contributed by atoms with Crippen LogP contribution in [0.15, 0.2) is 355 Å². The summed E-state index contributed by atoms with van der Waals surface area (Å²) in [5.74, 6) is 0. The summed E-state index contributed by atoms with van der Waals surface area (Å²) in [6.07, 6.45) is 5.63. The third-order valence-corrected chi connectivity index (χ3v) is 27.3. The Morgan fingerprint density at radius 3 is 1.29 bits per heavy atom. The molecule has 4 nitrogen and oxygen atoms in total. The van der Waals surface area contributed by atoms with Gasteiger partial charge in [0.25, 0.3) is 0 Å². The lowest BCUT2D eigenvalue weighted by Gasteiger charge is -2.37. The van der Waals surface area contributed by atoms with Crippen molar-refractivity contribution < 1.29 is 8.83 Å². The molecule has 0 N–H and O–H groups in total. The summed E-state index contributed by atoms with van der Waals surface area (Å²) in [5, 5.41) is 17.0. The molecule has 2 aliphatic carbocycles. The minimum absolute atomic E-state index is 0.247. The normalized spacial score (nSPS) is 13.4. The molecular weight excluding hydrogens is 1250 g/mol. The van der Waals surface area contributed by atoms with E-state index in [-0.39, 0.29) is 5.41 Å². The van der Waals surface area contributed by atoms with Gasteiger partial charge in [0.15, 0.2) is 8.07 Å². The zero-order chi connectivity index (χ0) is 67.5. The Bertz CT molecular complexity index is 6250. The van der Waals surface area contributed by atoms with Crippen LogP contribution in [-0.2, 0) is 5.41 Å². The van der Waals surface area contributed by atoms with Crippen molar-refractivity contribution in [2.75, 3.05) is 9.80 Å². The minimum atomic E-state index is -2.80. The molecule has 0 unspecified atom stereocenters. The van der Waals surface area contributed by atoms with Gasteiger partial charge in [0.1, 0.15) is 22.3 Å². The molecule has 0 saturated heterocycles. The monoisotopic (exact) mass is 1320 g/mol.